The Morgan fingerprint density at radius 3 is 1.35 bits per heavy atom. The molecule has 1 aliphatic heterocycles. The third-order valence-corrected chi connectivity index (χ3v) is 13.4. The molecule has 57 heavy (non-hydrogen) atoms. The molecule has 0 aromatic heterocycles. The quantitative estimate of drug-likeness (QED) is 0.0343. The number of esters is 3. The summed E-state index contributed by atoms with van der Waals surface area (Å²) in [7, 11) is 2.17. The number of carbonyl (C=O) groups is 3. The average molecular weight is 824 g/mol. The van der Waals surface area contributed by atoms with E-state index in [2.05, 4.69) is 39.6 Å². The highest BCUT2D eigenvalue weighted by Crippen LogP contribution is 2.25. The Balaban J connectivity index is 2.36. The normalized spacial score (nSPS) is 15.3. The predicted molar refractivity (Wildman–Crippen MR) is 243 cm³/mol. The van der Waals surface area contributed by atoms with Crippen molar-refractivity contribution in [2.45, 2.75) is 245 Å². The molecule has 0 aromatic rings. The fourth-order valence-electron chi connectivity index (χ4n) is 8.06. The van der Waals surface area contributed by atoms with Crippen LogP contribution in [-0.4, -0.2) is 73.3 Å². The number of thioether (sulfide) groups is 1. The summed E-state index contributed by atoms with van der Waals surface area (Å²) in [5.74, 6) is 1.35. The van der Waals surface area contributed by atoms with Gasteiger partial charge >= 0.3 is 17.9 Å². The second-order valence-electron chi connectivity index (χ2n) is 17.6. The molecule has 1 rings (SSSR count). The molecule has 0 bridgehead atoms. The van der Waals surface area contributed by atoms with Gasteiger partial charge in [-0.3, -0.25) is 14.4 Å². The van der Waals surface area contributed by atoms with Crippen LogP contribution in [0.5, 0.6) is 0 Å². The summed E-state index contributed by atoms with van der Waals surface area (Å²) in [6, 6.07) is 0. The summed E-state index contributed by atoms with van der Waals surface area (Å²) in [6.07, 6.45) is 35.1. The molecular formula is C49H93NO6S. The van der Waals surface area contributed by atoms with E-state index in [1.54, 1.807) is 11.8 Å². The van der Waals surface area contributed by atoms with Crippen LogP contribution in [0.1, 0.15) is 233 Å². The number of hydrogen-bond acceptors (Lipinski definition) is 8. The fraction of sp³-hybridized carbons (Fsp3) is 0.939. The van der Waals surface area contributed by atoms with Gasteiger partial charge in [-0.2, -0.15) is 0 Å². The van der Waals surface area contributed by atoms with Crippen LogP contribution >= 0.6 is 11.8 Å². The van der Waals surface area contributed by atoms with Gasteiger partial charge in [0.05, 0.1) is 19.0 Å². The first-order valence-electron chi connectivity index (χ1n) is 24.6. The highest BCUT2D eigenvalue weighted by molar-refractivity contribution is 8.00. The Morgan fingerprint density at radius 1 is 0.509 bits per heavy atom. The van der Waals surface area contributed by atoms with E-state index in [0.29, 0.717) is 48.9 Å². The second-order valence-corrected chi connectivity index (χ2v) is 18.9. The number of ether oxygens (including phenoxy) is 3. The molecule has 0 spiro atoms. The minimum Gasteiger partial charge on any atom is -0.465 e. The maximum absolute atomic E-state index is 12.9. The largest absolute Gasteiger partial charge is 0.465 e. The third kappa shape index (κ3) is 33.2. The van der Waals surface area contributed by atoms with Crippen LogP contribution in [0.4, 0.5) is 0 Å². The first-order valence-corrected chi connectivity index (χ1v) is 25.7. The maximum Gasteiger partial charge on any atom is 0.316 e. The molecule has 1 fully saturated rings. The maximum atomic E-state index is 12.9. The van der Waals surface area contributed by atoms with Crippen molar-refractivity contribution in [2.75, 3.05) is 39.1 Å². The van der Waals surface area contributed by atoms with Gasteiger partial charge in [0.25, 0.3) is 0 Å². The van der Waals surface area contributed by atoms with E-state index in [9.17, 15) is 14.4 Å². The van der Waals surface area contributed by atoms with Crippen molar-refractivity contribution in [3.05, 3.63) is 0 Å². The van der Waals surface area contributed by atoms with E-state index in [-0.39, 0.29) is 24.0 Å². The number of hydrogen-bond donors (Lipinski definition) is 0. The number of rotatable bonds is 40. The van der Waals surface area contributed by atoms with Gasteiger partial charge in [0.2, 0.25) is 0 Å². The van der Waals surface area contributed by atoms with E-state index in [4.69, 9.17) is 14.2 Å². The first-order chi connectivity index (χ1) is 27.8. The predicted octanol–water partition coefficient (Wildman–Crippen LogP) is 13.8. The minimum absolute atomic E-state index is 0.0224. The van der Waals surface area contributed by atoms with Gasteiger partial charge in [-0.15, -0.1) is 11.8 Å². The van der Waals surface area contributed by atoms with E-state index >= 15 is 0 Å². The number of carbonyl (C=O) groups excluding carboxylic acids is 3. The molecule has 1 saturated heterocycles. The van der Waals surface area contributed by atoms with E-state index in [0.717, 1.165) is 103 Å². The molecule has 0 amide bonds. The Morgan fingerprint density at radius 2 is 0.895 bits per heavy atom. The zero-order valence-corrected chi connectivity index (χ0v) is 39.1. The molecule has 2 unspecified atom stereocenters. The summed E-state index contributed by atoms with van der Waals surface area (Å²) in [5.41, 5.74) is 0. The Bertz CT molecular complexity index is 887. The van der Waals surface area contributed by atoms with Crippen molar-refractivity contribution >= 4 is 29.7 Å². The number of unbranched alkanes of at least 4 members (excludes halogenated alkanes) is 16. The van der Waals surface area contributed by atoms with Gasteiger partial charge in [-0.05, 0) is 109 Å². The summed E-state index contributed by atoms with van der Waals surface area (Å²) >= 11 is 1.78. The monoisotopic (exact) mass is 824 g/mol. The van der Waals surface area contributed by atoms with Crippen molar-refractivity contribution in [3.8, 4) is 0 Å². The van der Waals surface area contributed by atoms with Gasteiger partial charge in [-0.25, -0.2) is 0 Å². The van der Waals surface area contributed by atoms with E-state index < -0.39 is 0 Å². The lowest BCUT2D eigenvalue weighted by molar-refractivity contribution is -0.147. The SMILES string of the molecule is CCCCCCC(CCCC)COC(=O)CCCCCCCC(CCCCCCCC(=O)OCC(CCCC)CCCCCC)OC(=O)CSC1CCN(C)CC1. The minimum atomic E-state index is -0.0586. The molecule has 0 radical (unpaired) electrons. The molecule has 336 valence electrons. The van der Waals surface area contributed by atoms with Crippen molar-refractivity contribution in [2.24, 2.45) is 11.8 Å². The third-order valence-electron chi connectivity index (χ3n) is 12.0. The number of piperidine rings is 1. The molecule has 7 nitrogen and oxygen atoms in total. The van der Waals surface area contributed by atoms with E-state index in [1.165, 1.54) is 103 Å². The lowest BCUT2D eigenvalue weighted by Crippen LogP contribution is -2.32. The van der Waals surface area contributed by atoms with Gasteiger partial charge in [0.15, 0.2) is 0 Å². The molecule has 0 aromatic carbocycles. The molecule has 0 aliphatic carbocycles. The molecule has 2 atom stereocenters. The summed E-state index contributed by atoms with van der Waals surface area (Å²) < 4.78 is 17.6. The van der Waals surface area contributed by atoms with Crippen LogP contribution in [0.2, 0.25) is 0 Å². The second kappa shape index (κ2) is 38.9. The van der Waals surface area contributed by atoms with Crippen molar-refractivity contribution in [3.63, 3.8) is 0 Å². The Hall–Kier alpha value is -1.28. The standard InChI is InChI=1S/C49H93NO6S/c1-6-10-14-22-30-43(28-12-8-3)40-54-47(51)34-26-20-16-18-24-32-45(56-49(53)42-57-46-36-38-50(5)39-37-46)33-25-19-17-21-27-35-48(52)55-41-44(29-13-9-4)31-23-15-11-7-2/h43-46H,6-42H2,1-5H3. The summed E-state index contributed by atoms with van der Waals surface area (Å²) in [4.78, 5) is 40.3. The molecule has 1 heterocycles. The van der Waals surface area contributed by atoms with E-state index in [1.807, 2.05) is 0 Å². The number of likely N-dealkylation sites (tertiary alicyclic amines) is 1. The topological polar surface area (TPSA) is 82.1 Å². The highest BCUT2D eigenvalue weighted by Gasteiger charge is 2.21. The lowest BCUT2D eigenvalue weighted by atomic mass is 9.96. The van der Waals surface area contributed by atoms with Crippen molar-refractivity contribution in [1.29, 1.82) is 0 Å². The Kier molecular flexibility index (Phi) is 36.7. The highest BCUT2D eigenvalue weighted by atomic mass is 32.2. The summed E-state index contributed by atoms with van der Waals surface area (Å²) in [6.45, 7) is 12.4. The van der Waals surface area contributed by atoms with Crippen LogP contribution in [-0.2, 0) is 28.6 Å². The van der Waals surface area contributed by atoms with Crippen molar-refractivity contribution < 1.29 is 28.6 Å². The zero-order valence-electron chi connectivity index (χ0n) is 38.3. The summed E-state index contributed by atoms with van der Waals surface area (Å²) in [5, 5.41) is 0.554. The number of nitrogens with zero attached hydrogens (tertiary/aromatic N) is 1. The van der Waals surface area contributed by atoms with Crippen LogP contribution in [0, 0.1) is 11.8 Å². The fourth-order valence-corrected chi connectivity index (χ4v) is 9.04. The first kappa shape index (κ1) is 53.7. The van der Waals surface area contributed by atoms with Gasteiger partial charge in [0, 0.05) is 18.1 Å². The van der Waals surface area contributed by atoms with Crippen LogP contribution in [0.15, 0.2) is 0 Å². The van der Waals surface area contributed by atoms with Crippen LogP contribution < -0.4 is 0 Å². The van der Waals surface area contributed by atoms with Crippen LogP contribution in [0.3, 0.4) is 0 Å². The molecule has 0 N–H and O–H groups in total. The molecule has 8 heteroatoms. The van der Waals surface area contributed by atoms with Gasteiger partial charge in [0.1, 0.15) is 6.10 Å². The van der Waals surface area contributed by atoms with Gasteiger partial charge in [-0.1, -0.05) is 143 Å². The lowest BCUT2D eigenvalue weighted by Gasteiger charge is -2.28. The smallest absolute Gasteiger partial charge is 0.316 e. The zero-order chi connectivity index (χ0) is 41.6. The van der Waals surface area contributed by atoms with Crippen LogP contribution in [0.25, 0.3) is 0 Å². The molecule has 0 saturated carbocycles. The average Bonchev–Trinajstić information content (AvgIpc) is 3.21. The molecular weight excluding hydrogens is 731 g/mol. The molecule has 1 aliphatic rings. The van der Waals surface area contributed by atoms with Gasteiger partial charge < -0.3 is 19.1 Å². The Labute approximate surface area is 357 Å². The van der Waals surface area contributed by atoms with Crippen molar-refractivity contribution in [1.82, 2.24) is 4.90 Å².